The van der Waals surface area contributed by atoms with E-state index in [0.717, 1.165) is 16.9 Å². The summed E-state index contributed by atoms with van der Waals surface area (Å²) in [5, 5.41) is 3.58. The van der Waals surface area contributed by atoms with Gasteiger partial charge in [-0.2, -0.15) is 0 Å². The average molecular weight is 280 g/mol. The van der Waals surface area contributed by atoms with Crippen LogP contribution in [0.3, 0.4) is 0 Å². The zero-order valence-electron chi connectivity index (χ0n) is 10.7. The molecule has 5 nitrogen and oxygen atoms in total. The fourth-order valence-electron chi connectivity index (χ4n) is 1.64. The van der Waals surface area contributed by atoms with E-state index < -0.39 is 0 Å². The lowest BCUT2D eigenvalue weighted by Crippen LogP contribution is -2.04. The molecule has 100 valence electrons. The third kappa shape index (κ3) is 3.26. The minimum Gasteiger partial charge on any atom is -0.464 e. The Kier molecular flexibility index (Phi) is 4.06. The Hall–Kier alpha value is -2.01. The van der Waals surface area contributed by atoms with Crippen molar-refractivity contribution in [3.8, 4) is 0 Å². The molecule has 2 N–H and O–H groups in total. The van der Waals surface area contributed by atoms with E-state index in [0.29, 0.717) is 17.4 Å². The number of aromatic nitrogens is 2. The second-order valence-corrected chi connectivity index (χ2v) is 4.45. The Balaban J connectivity index is 2.04. The molecule has 0 bridgehead atoms. The number of nitrogens with zero attached hydrogens (tertiary/aromatic N) is 1. The Labute approximate surface area is 116 Å². The summed E-state index contributed by atoms with van der Waals surface area (Å²) in [7, 11) is 1.35. The van der Waals surface area contributed by atoms with E-state index in [1.54, 1.807) is 12.3 Å². The molecule has 0 aromatic carbocycles. The SMILES string of the molecule is COC(=O)c1ccc(CNc2cc(C)cnc2Cl)[nH]1. The number of ether oxygens (including phenoxy) is 1. The highest BCUT2D eigenvalue weighted by atomic mass is 35.5. The van der Waals surface area contributed by atoms with Gasteiger partial charge in [0.2, 0.25) is 0 Å². The Bertz CT molecular complexity index is 595. The number of aromatic amines is 1. The highest BCUT2D eigenvalue weighted by Crippen LogP contribution is 2.20. The summed E-state index contributed by atoms with van der Waals surface area (Å²) in [5.74, 6) is -0.387. The van der Waals surface area contributed by atoms with Gasteiger partial charge >= 0.3 is 5.97 Å². The first-order chi connectivity index (χ1) is 9.10. The van der Waals surface area contributed by atoms with Crippen molar-refractivity contribution in [2.24, 2.45) is 0 Å². The molecule has 0 spiro atoms. The smallest absolute Gasteiger partial charge is 0.354 e. The van der Waals surface area contributed by atoms with Crippen LogP contribution >= 0.6 is 11.6 Å². The van der Waals surface area contributed by atoms with E-state index in [1.807, 2.05) is 19.1 Å². The summed E-state index contributed by atoms with van der Waals surface area (Å²) in [6, 6.07) is 5.41. The number of H-pyrrole nitrogens is 1. The summed E-state index contributed by atoms with van der Waals surface area (Å²) < 4.78 is 4.63. The van der Waals surface area contributed by atoms with Crippen molar-refractivity contribution < 1.29 is 9.53 Å². The molecule has 0 amide bonds. The van der Waals surface area contributed by atoms with Crippen LogP contribution in [0.25, 0.3) is 0 Å². The summed E-state index contributed by atoms with van der Waals surface area (Å²) in [4.78, 5) is 18.3. The fourth-order valence-corrected chi connectivity index (χ4v) is 1.81. The highest BCUT2D eigenvalue weighted by Gasteiger charge is 2.08. The van der Waals surface area contributed by atoms with E-state index >= 15 is 0 Å². The van der Waals surface area contributed by atoms with E-state index in [-0.39, 0.29) is 5.97 Å². The molecule has 0 aliphatic rings. The molecule has 2 aromatic heterocycles. The lowest BCUT2D eigenvalue weighted by atomic mass is 10.3. The first-order valence-corrected chi connectivity index (χ1v) is 6.10. The van der Waals surface area contributed by atoms with Crippen LogP contribution in [0.1, 0.15) is 21.7 Å². The van der Waals surface area contributed by atoms with Gasteiger partial charge < -0.3 is 15.0 Å². The lowest BCUT2D eigenvalue weighted by Gasteiger charge is -2.07. The van der Waals surface area contributed by atoms with Gasteiger partial charge in [0.1, 0.15) is 5.69 Å². The van der Waals surface area contributed by atoms with Crippen molar-refractivity contribution in [2.75, 3.05) is 12.4 Å². The predicted molar refractivity (Wildman–Crippen MR) is 73.4 cm³/mol. The van der Waals surface area contributed by atoms with Gasteiger partial charge in [-0.1, -0.05) is 11.6 Å². The summed E-state index contributed by atoms with van der Waals surface area (Å²) in [6.45, 7) is 2.46. The molecule has 2 heterocycles. The van der Waals surface area contributed by atoms with Crippen LogP contribution in [0, 0.1) is 6.92 Å². The van der Waals surface area contributed by atoms with E-state index in [4.69, 9.17) is 11.6 Å². The van der Waals surface area contributed by atoms with Gasteiger partial charge in [-0.05, 0) is 30.7 Å². The van der Waals surface area contributed by atoms with Crippen LogP contribution in [0.15, 0.2) is 24.4 Å². The van der Waals surface area contributed by atoms with Crippen molar-refractivity contribution in [3.63, 3.8) is 0 Å². The topological polar surface area (TPSA) is 67.0 Å². The maximum atomic E-state index is 11.3. The molecule has 0 atom stereocenters. The lowest BCUT2D eigenvalue weighted by molar-refractivity contribution is 0.0594. The number of methoxy groups -OCH3 is 1. The molecule has 0 unspecified atom stereocenters. The number of carbonyl (C=O) groups is 1. The number of rotatable bonds is 4. The average Bonchev–Trinajstić information content (AvgIpc) is 2.88. The molecular weight excluding hydrogens is 266 g/mol. The van der Waals surface area contributed by atoms with Crippen molar-refractivity contribution >= 4 is 23.3 Å². The number of nitrogens with one attached hydrogen (secondary N) is 2. The Morgan fingerprint density at radius 2 is 2.32 bits per heavy atom. The number of anilines is 1. The maximum absolute atomic E-state index is 11.3. The van der Waals surface area contributed by atoms with Gasteiger partial charge in [-0.15, -0.1) is 0 Å². The number of carbonyl (C=O) groups excluding carboxylic acids is 1. The third-order valence-corrected chi connectivity index (χ3v) is 2.90. The van der Waals surface area contributed by atoms with Gasteiger partial charge in [0.25, 0.3) is 0 Å². The molecular formula is C13H14ClN3O2. The molecule has 0 aliphatic carbocycles. The van der Waals surface area contributed by atoms with Crippen LogP contribution in [-0.4, -0.2) is 23.0 Å². The fraction of sp³-hybridized carbons (Fsp3) is 0.231. The van der Waals surface area contributed by atoms with E-state index in [9.17, 15) is 4.79 Å². The second-order valence-electron chi connectivity index (χ2n) is 4.09. The Morgan fingerprint density at radius 3 is 3.05 bits per heavy atom. The number of halogens is 1. The van der Waals surface area contributed by atoms with Gasteiger partial charge in [-0.3, -0.25) is 0 Å². The van der Waals surface area contributed by atoms with E-state index in [2.05, 4.69) is 20.0 Å². The molecule has 6 heteroatoms. The molecule has 0 radical (unpaired) electrons. The first-order valence-electron chi connectivity index (χ1n) is 5.72. The molecule has 2 rings (SSSR count). The van der Waals surface area contributed by atoms with Crippen LogP contribution in [-0.2, 0) is 11.3 Å². The molecule has 0 saturated heterocycles. The number of pyridine rings is 1. The summed E-state index contributed by atoms with van der Waals surface area (Å²) in [5.41, 5.74) is 3.07. The number of hydrogen-bond acceptors (Lipinski definition) is 4. The van der Waals surface area contributed by atoms with Crippen molar-refractivity contribution in [1.82, 2.24) is 9.97 Å². The van der Waals surface area contributed by atoms with Crippen molar-refractivity contribution in [1.29, 1.82) is 0 Å². The number of hydrogen-bond donors (Lipinski definition) is 2. The standard InChI is InChI=1S/C13H14ClN3O2/c1-8-5-11(12(14)16-6-8)15-7-9-3-4-10(17-9)13(18)19-2/h3-6,15,17H,7H2,1-2H3. The largest absolute Gasteiger partial charge is 0.464 e. The van der Waals surface area contributed by atoms with Gasteiger partial charge in [0, 0.05) is 11.9 Å². The van der Waals surface area contributed by atoms with Crippen molar-refractivity contribution in [3.05, 3.63) is 46.5 Å². The predicted octanol–water partition coefficient (Wildman–Crippen LogP) is 2.77. The summed E-state index contributed by atoms with van der Waals surface area (Å²) in [6.07, 6.45) is 1.71. The van der Waals surface area contributed by atoms with Crippen LogP contribution in [0.4, 0.5) is 5.69 Å². The molecule has 0 saturated carbocycles. The third-order valence-electron chi connectivity index (χ3n) is 2.60. The normalized spacial score (nSPS) is 10.3. The van der Waals surface area contributed by atoms with Gasteiger partial charge in [-0.25, -0.2) is 9.78 Å². The van der Waals surface area contributed by atoms with Crippen LogP contribution in [0.2, 0.25) is 5.15 Å². The maximum Gasteiger partial charge on any atom is 0.354 e. The second kappa shape index (κ2) is 5.75. The monoisotopic (exact) mass is 279 g/mol. The minimum absolute atomic E-state index is 0.387. The first kappa shape index (κ1) is 13.4. The van der Waals surface area contributed by atoms with Gasteiger partial charge in [0.15, 0.2) is 5.15 Å². The number of esters is 1. The molecule has 0 aliphatic heterocycles. The van der Waals surface area contributed by atoms with Gasteiger partial charge in [0.05, 0.1) is 19.3 Å². The molecule has 19 heavy (non-hydrogen) atoms. The molecule has 2 aromatic rings. The van der Waals surface area contributed by atoms with E-state index in [1.165, 1.54) is 7.11 Å². The highest BCUT2D eigenvalue weighted by molar-refractivity contribution is 6.31. The zero-order chi connectivity index (χ0) is 13.8. The van der Waals surface area contributed by atoms with Crippen LogP contribution < -0.4 is 5.32 Å². The van der Waals surface area contributed by atoms with Crippen molar-refractivity contribution in [2.45, 2.75) is 13.5 Å². The number of aryl methyl sites for hydroxylation is 1. The minimum atomic E-state index is -0.387. The summed E-state index contributed by atoms with van der Waals surface area (Å²) >= 11 is 5.98. The van der Waals surface area contributed by atoms with Crippen LogP contribution in [0.5, 0.6) is 0 Å². The Morgan fingerprint density at radius 1 is 1.53 bits per heavy atom. The zero-order valence-corrected chi connectivity index (χ0v) is 11.4. The quantitative estimate of drug-likeness (QED) is 0.667. The molecule has 0 fully saturated rings.